The van der Waals surface area contributed by atoms with E-state index in [9.17, 15) is 22.8 Å². The summed E-state index contributed by atoms with van der Waals surface area (Å²) in [5.74, 6) is 0.00684. The van der Waals surface area contributed by atoms with Crippen molar-refractivity contribution in [1.82, 2.24) is 10.2 Å². The van der Waals surface area contributed by atoms with E-state index >= 15 is 0 Å². The van der Waals surface area contributed by atoms with E-state index in [1.54, 1.807) is 41.3 Å². The number of benzene rings is 2. The van der Waals surface area contributed by atoms with Crippen LogP contribution in [0.25, 0.3) is 0 Å². The van der Waals surface area contributed by atoms with Crippen molar-refractivity contribution in [2.24, 2.45) is 0 Å². The molecule has 2 aromatic rings. The Morgan fingerprint density at radius 3 is 2.50 bits per heavy atom. The van der Waals surface area contributed by atoms with Gasteiger partial charge in [-0.2, -0.15) is 13.2 Å². The molecule has 3 amide bonds. The lowest BCUT2D eigenvalue weighted by molar-refractivity contribution is -0.153. The predicted molar refractivity (Wildman–Crippen MR) is 105 cm³/mol. The Balaban J connectivity index is 1.52. The highest BCUT2D eigenvalue weighted by atomic mass is 19.4. The van der Waals surface area contributed by atoms with Gasteiger partial charge in [-0.3, -0.25) is 4.79 Å². The number of hydrogen-bond donors (Lipinski definition) is 2. The van der Waals surface area contributed by atoms with Gasteiger partial charge < -0.3 is 20.3 Å². The first-order chi connectivity index (χ1) is 14.3. The Morgan fingerprint density at radius 2 is 1.77 bits per heavy atom. The summed E-state index contributed by atoms with van der Waals surface area (Å²) in [4.78, 5) is 26.4. The topological polar surface area (TPSA) is 70.7 Å². The zero-order chi connectivity index (χ0) is 21.6. The maximum atomic E-state index is 12.5. The first kappa shape index (κ1) is 21.5. The van der Waals surface area contributed by atoms with E-state index in [2.05, 4.69) is 10.6 Å². The summed E-state index contributed by atoms with van der Waals surface area (Å²) >= 11 is 0. The molecule has 0 aliphatic carbocycles. The molecule has 0 aromatic heterocycles. The number of carbonyl (C=O) groups is 2. The molecule has 30 heavy (non-hydrogen) atoms. The number of ether oxygens (including phenoxy) is 1. The van der Waals surface area contributed by atoms with Crippen LogP contribution in [0.1, 0.15) is 28.8 Å². The first-order valence-electron chi connectivity index (χ1n) is 9.53. The van der Waals surface area contributed by atoms with Crippen LogP contribution in [0.3, 0.4) is 0 Å². The number of nitrogens with one attached hydrogen (secondary N) is 2. The third-order valence-electron chi connectivity index (χ3n) is 4.51. The molecule has 0 unspecified atom stereocenters. The molecule has 3 rings (SSSR count). The number of alkyl halides is 3. The normalized spacial score (nSPS) is 13.8. The Morgan fingerprint density at radius 1 is 1.03 bits per heavy atom. The predicted octanol–water partition coefficient (Wildman–Crippen LogP) is 4.19. The number of anilines is 1. The molecule has 0 spiro atoms. The maximum absolute atomic E-state index is 12.5. The van der Waals surface area contributed by atoms with Crippen molar-refractivity contribution in [2.75, 3.05) is 25.0 Å². The van der Waals surface area contributed by atoms with E-state index in [1.807, 2.05) is 0 Å². The van der Waals surface area contributed by atoms with Gasteiger partial charge in [0.15, 0.2) is 6.61 Å². The number of urea groups is 1. The maximum Gasteiger partial charge on any atom is 0.422 e. The zero-order valence-electron chi connectivity index (χ0n) is 16.2. The summed E-state index contributed by atoms with van der Waals surface area (Å²) in [5, 5.41) is 5.28. The number of hydrogen-bond acceptors (Lipinski definition) is 3. The SMILES string of the molecule is O=C(NCc1cccc(OCC(F)(F)F)c1)Nc1cccc(C(=O)N2CCCC2)c1. The highest BCUT2D eigenvalue weighted by molar-refractivity contribution is 5.97. The van der Waals surface area contributed by atoms with E-state index in [1.165, 1.54) is 12.1 Å². The number of amides is 3. The van der Waals surface area contributed by atoms with Gasteiger partial charge in [0.1, 0.15) is 5.75 Å². The summed E-state index contributed by atoms with van der Waals surface area (Å²) in [5.41, 5.74) is 1.56. The fourth-order valence-electron chi connectivity index (χ4n) is 3.10. The number of likely N-dealkylation sites (tertiary alicyclic amines) is 1. The summed E-state index contributed by atoms with van der Waals surface area (Å²) in [6.07, 6.45) is -2.43. The molecule has 1 fully saturated rings. The lowest BCUT2D eigenvalue weighted by Crippen LogP contribution is -2.29. The lowest BCUT2D eigenvalue weighted by atomic mass is 10.2. The second-order valence-corrected chi connectivity index (χ2v) is 6.94. The molecule has 0 saturated carbocycles. The molecule has 6 nitrogen and oxygen atoms in total. The number of rotatable bonds is 6. The summed E-state index contributed by atoms with van der Waals surface area (Å²) in [7, 11) is 0. The molecule has 0 bridgehead atoms. The summed E-state index contributed by atoms with van der Waals surface area (Å²) < 4.78 is 41.5. The zero-order valence-corrected chi connectivity index (χ0v) is 16.2. The standard InChI is InChI=1S/C21H22F3N3O3/c22-21(23,24)14-30-18-8-3-5-15(11-18)13-25-20(29)26-17-7-4-6-16(12-17)19(28)27-9-1-2-10-27/h3-8,11-12H,1-2,9-10,13-14H2,(H2,25,26,29). The van der Waals surface area contributed by atoms with Gasteiger partial charge in [-0.1, -0.05) is 18.2 Å². The van der Waals surface area contributed by atoms with Crippen LogP contribution in [-0.4, -0.2) is 42.7 Å². The molecule has 0 radical (unpaired) electrons. The van der Waals surface area contributed by atoms with Gasteiger partial charge in [0.05, 0.1) is 0 Å². The Hall–Kier alpha value is -3.23. The molecular formula is C21H22F3N3O3. The minimum absolute atomic E-state index is 0.0628. The second-order valence-electron chi connectivity index (χ2n) is 6.94. The van der Waals surface area contributed by atoms with Crippen LogP contribution in [0, 0.1) is 0 Å². The largest absolute Gasteiger partial charge is 0.484 e. The highest BCUT2D eigenvalue weighted by Crippen LogP contribution is 2.20. The minimum atomic E-state index is -4.42. The average molecular weight is 421 g/mol. The molecule has 160 valence electrons. The Bertz CT molecular complexity index is 896. The van der Waals surface area contributed by atoms with Crippen LogP contribution in [0.5, 0.6) is 5.75 Å². The van der Waals surface area contributed by atoms with Crippen molar-refractivity contribution in [2.45, 2.75) is 25.6 Å². The van der Waals surface area contributed by atoms with Crippen LogP contribution < -0.4 is 15.4 Å². The smallest absolute Gasteiger partial charge is 0.422 e. The van der Waals surface area contributed by atoms with Gasteiger partial charge in [-0.15, -0.1) is 0 Å². The quantitative estimate of drug-likeness (QED) is 0.735. The monoisotopic (exact) mass is 421 g/mol. The minimum Gasteiger partial charge on any atom is -0.484 e. The highest BCUT2D eigenvalue weighted by Gasteiger charge is 2.28. The van der Waals surface area contributed by atoms with E-state index in [4.69, 9.17) is 4.74 Å². The first-order valence-corrected chi connectivity index (χ1v) is 9.53. The second kappa shape index (κ2) is 9.51. The van der Waals surface area contributed by atoms with E-state index in [0.717, 1.165) is 25.9 Å². The van der Waals surface area contributed by atoms with Crippen molar-refractivity contribution in [1.29, 1.82) is 0 Å². The number of nitrogens with zero attached hydrogens (tertiary/aromatic N) is 1. The van der Waals surface area contributed by atoms with Crippen molar-refractivity contribution < 1.29 is 27.5 Å². The number of halogens is 3. The third-order valence-corrected chi connectivity index (χ3v) is 4.51. The van der Waals surface area contributed by atoms with Crippen molar-refractivity contribution in [3.05, 3.63) is 59.7 Å². The lowest BCUT2D eigenvalue weighted by Gasteiger charge is -2.16. The third kappa shape index (κ3) is 6.40. The Kier molecular flexibility index (Phi) is 6.81. The fraction of sp³-hybridized carbons (Fsp3) is 0.333. The van der Waals surface area contributed by atoms with Crippen molar-refractivity contribution in [3.63, 3.8) is 0 Å². The Labute approximate surface area is 172 Å². The molecule has 9 heteroatoms. The fourth-order valence-corrected chi connectivity index (χ4v) is 3.10. The van der Waals surface area contributed by atoms with Gasteiger partial charge in [0.2, 0.25) is 0 Å². The van der Waals surface area contributed by atoms with Crippen molar-refractivity contribution >= 4 is 17.6 Å². The molecule has 1 saturated heterocycles. The van der Waals surface area contributed by atoms with Crippen LogP contribution in [0.2, 0.25) is 0 Å². The van der Waals surface area contributed by atoms with Gasteiger partial charge in [0.25, 0.3) is 5.91 Å². The average Bonchev–Trinajstić information content (AvgIpc) is 3.25. The van der Waals surface area contributed by atoms with Crippen LogP contribution in [0.15, 0.2) is 48.5 Å². The van der Waals surface area contributed by atoms with Gasteiger partial charge in [-0.25, -0.2) is 4.79 Å². The van der Waals surface area contributed by atoms with E-state index < -0.39 is 18.8 Å². The van der Waals surface area contributed by atoms with Gasteiger partial charge in [-0.05, 0) is 48.7 Å². The molecule has 2 aromatic carbocycles. The van der Waals surface area contributed by atoms with Gasteiger partial charge in [0, 0.05) is 30.9 Å². The van der Waals surface area contributed by atoms with Crippen LogP contribution >= 0.6 is 0 Å². The summed E-state index contributed by atoms with van der Waals surface area (Å²) in [6, 6.07) is 12.3. The van der Waals surface area contributed by atoms with Crippen molar-refractivity contribution in [3.8, 4) is 5.75 Å². The van der Waals surface area contributed by atoms with Gasteiger partial charge >= 0.3 is 12.2 Å². The van der Waals surface area contributed by atoms with Crippen LogP contribution in [0.4, 0.5) is 23.7 Å². The molecule has 2 N–H and O–H groups in total. The molecule has 0 atom stereocenters. The molecule has 1 aliphatic heterocycles. The van der Waals surface area contributed by atoms with E-state index in [0.29, 0.717) is 16.8 Å². The van der Waals surface area contributed by atoms with E-state index in [-0.39, 0.29) is 18.2 Å². The van der Waals surface area contributed by atoms with Crippen LogP contribution in [-0.2, 0) is 6.54 Å². The molecule has 1 aliphatic rings. The molecular weight excluding hydrogens is 399 g/mol. The number of carbonyl (C=O) groups excluding carboxylic acids is 2. The summed E-state index contributed by atoms with van der Waals surface area (Å²) in [6.45, 7) is 0.198. The molecule has 1 heterocycles.